The lowest BCUT2D eigenvalue weighted by molar-refractivity contribution is 0.0977. The molecular formula is C25H30O4. The zero-order valence-electron chi connectivity index (χ0n) is 17.4. The van der Waals surface area contributed by atoms with Crippen LogP contribution in [0.4, 0.5) is 0 Å². The molecule has 0 heterocycles. The molecule has 2 aromatic rings. The van der Waals surface area contributed by atoms with Crippen LogP contribution in [-0.2, 0) is 6.42 Å². The number of ketones is 1. The second-order valence-corrected chi connectivity index (χ2v) is 8.45. The Kier molecular flexibility index (Phi) is 6.31. The number of aryl methyl sites for hydroxylation is 1. The van der Waals surface area contributed by atoms with Gasteiger partial charge in [0.2, 0.25) is 0 Å². The van der Waals surface area contributed by atoms with Gasteiger partial charge in [-0.1, -0.05) is 55.8 Å². The standard InChI is InChI=1S/C25H30O4/c1-15(2)18-11-9-16(3)13-19(18)23-21(27)14-22(28)24(25(23)29)20(26)12-10-17-7-5-4-6-8-17/h4-8,13-15,18-19,27-29H,9-12H2,1-3H3/t18-,19+/m0/s1. The molecule has 29 heavy (non-hydrogen) atoms. The molecule has 4 heteroatoms. The predicted octanol–water partition coefficient (Wildman–Crippen LogP) is 5.71. The zero-order chi connectivity index (χ0) is 21.1. The molecule has 154 valence electrons. The number of aromatic hydroxyl groups is 3. The lowest BCUT2D eigenvalue weighted by Crippen LogP contribution is -2.21. The Hall–Kier alpha value is -2.75. The number of phenols is 3. The summed E-state index contributed by atoms with van der Waals surface area (Å²) in [4.78, 5) is 12.9. The number of hydrogen-bond acceptors (Lipinski definition) is 4. The maximum absolute atomic E-state index is 12.9. The van der Waals surface area contributed by atoms with Gasteiger partial charge in [0.1, 0.15) is 22.8 Å². The molecular weight excluding hydrogens is 364 g/mol. The van der Waals surface area contributed by atoms with Gasteiger partial charge in [-0.2, -0.15) is 0 Å². The Morgan fingerprint density at radius 2 is 1.79 bits per heavy atom. The van der Waals surface area contributed by atoms with E-state index in [-0.39, 0.29) is 46.9 Å². The Morgan fingerprint density at radius 3 is 2.45 bits per heavy atom. The van der Waals surface area contributed by atoms with Crippen LogP contribution >= 0.6 is 0 Å². The van der Waals surface area contributed by atoms with Crippen molar-refractivity contribution < 1.29 is 20.1 Å². The van der Waals surface area contributed by atoms with Crippen molar-refractivity contribution >= 4 is 5.78 Å². The molecule has 2 aromatic carbocycles. The van der Waals surface area contributed by atoms with Crippen molar-refractivity contribution in [3.8, 4) is 17.2 Å². The van der Waals surface area contributed by atoms with Gasteiger partial charge < -0.3 is 15.3 Å². The van der Waals surface area contributed by atoms with Crippen LogP contribution in [0.5, 0.6) is 17.2 Å². The van der Waals surface area contributed by atoms with E-state index in [9.17, 15) is 20.1 Å². The Morgan fingerprint density at radius 1 is 1.10 bits per heavy atom. The highest BCUT2D eigenvalue weighted by molar-refractivity contribution is 6.02. The minimum absolute atomic E-state index is 0.0899. The smallest absolute Gasteiger partial charge is 0.170 e. The lowest BCUT2D eigenvalue weighted by atomic mass is 9.71. The molecule has 4 nitrogen and oxygen atoms in total. The second kappa shape index (κ2) is 8.73. The van der Waals surface area contributed by atoms with Crippen molar-refractivity contribution in [2.24, 2.45) is 11.8 Å². The summed E-state index contributed by atoms with van der Waals surface area (Å²) in [5.41, 5.74) is 2.48. The summed E-state index contributed by atoms with van der Waals surface area (Å²) in [5.74, 6) is -0.753. The summed E-state index contributed by atoms with van der Waals surface area (Å²) in [6.45, 7) is 6.31. The van der Waals surface area contributed by atoms with E-state index >= 15 is 0 Å². The third-order valence-corrected chi connectivity index (χ3v) is 6.05. The first-order valence-electron chi connectivity index (χ1n) is 10.3. The monoisotopic (exact) mass is 394 g/mol. The fourth-order valence-electron chi connectivity index (χ4n) is 4.42. The Balaban J connectivity index is 1.97. The summed E-state index contributed by atoms with van der Waals surface area (Å²) in [6, 6.07) is 10.8. The molecule has 0 aliphatic heterocycles. The average molecular weight is 395 g/mol. The number of benzene rings is 2. The number of rotatable bonds is 6. The van der Waals surface area contributed by atoms with Gasteiger partial charge >= 0.3 is 0 Å². The minimum atomic E-state index is -0.376. The molecule has 1 aliphatic rings. The van der Waals surface area contributed by atoms with E-state index in [1.807, 2.05) is 37.3 Å². The highest BCUT2D eigenvalue weighted by Gasteiger charge is 2.34. The summed E-state index contributed by atoms with van der Waals surface area (Å²) in [7, 11) is 0. The molecule has 0 saturated carbocycles. The SMILES string of the molecule is CC1=C[C@@H](c2c(O)cc(O)c(C(=O)CCc3ccccc3)c2O)[C@H](C(C)C)CC1. The van der Waals surface area contributed by atoms with Gasteiger partial charge in [-0.3, -0.25) is 4.79 Å². The van der Waals surface area contributed by atoms with Gasteiger partial charge in [0.25, 0.3) is 0 Å². The molecule has 0 amide bonds. The molecule has 0 unspecified atom stereocenters. The highest BCUT2D eigenvalue weighted by Crippen LogP contribution is 2.49. The van der Waals surface area contributed by atoms with Crippen molar-refractivity contribution in [3.63, 3.8) is 0 Å². The number of hydrogen-bond donors (Lipinski definition) is 3. The largest absolute Gasteiger partial charge is 0.507 e. The topological polar surface area (TPSA) is 77.8 Å². The number of carbonyl (C=O) groups excluding carboxylic acids is 1. The van der Waals surface area contributed by atoms with E-state index < -0.39 is 0 Å². The average Bonchev–Trinajstić information content (AvgIpc) is 2.66. The zero-order valence-corrected chi connectivity index (χ0v) is 17.4. The number of phenolic OH excluding ortho intramolecular Hbond substituents is 3. The summed E-state index contributed by atoms with van der Waals surface area (Å²) >= 11 is 0. The molecule has 0 fully saturated rings. The van der Waals surface area contributed by atoms with Gasteiger partial charge in [0, 0.05) is 24.0 Å². The van der Waals surface area contributed by atoms with Gasteiger partial charge in [0.15, 0.2) is 5.78 Å². The van der Waals surface area contributed by atoms with Crippen LogP contribution in [0.3, 0.4) is 0 Å². The third kappa shape index (κ3) is 4.47. The van der Waals surface area contributed by atoms with Crippen LogP contribution in [-0.4, -0.2) is 21.1 Å². The van der Waals surface area contributed by atoms with Gasteiger partial charge in [-0.15, -0.1) is 0 Å². The summed E-state index contributed by atoms with van der Waals surface area (Å²) in [6.07, 6.45) is 4.72. The summed E-state index contributed by atoms with van der Waals surface area (Å²) in [5, 5.41) is 31.9. The Bertz CT molecular complexity index is 912. The normalized spacial score (nSPS) is 19.2. The van der Waals surface area contributed by atoms with Gasteiger partial charge in [-0.25, -0.2) is 0 Å². The van der Waals surface area contributed by atoms with Crippen LogP contribution in [0.15, 0.2) is 48.0 Å². The molecule has 0 spiro atoms. The lowest BCUT2D eigenvalue weighted by Gasteiger charge is -2.34. The van der Waals surface area contributed by atoms with E-state index in [1.165, 1.54) is 11.6 Å². The number of Topliss-reactive ketones (excluding diaryl/α,β-unsaturated/α-hetero) is 1. The molecule has 3 N–H and O–H groups in total. The van der Waals surface area contributed by atoms with Crippen LogP contribution in [0.25, 0.3) is 0 Å². The molecule has 1 aliphatic carbocycles. The molecule has 0 bridgehead atoms. The molecule has 0 radical (unpaired) electrons. The van der Waals surface area contributed by atoms with Crippen molar-refractivity contribution in [2.75, 3.05) is 0 Å². The second-order valence-electron chi connectivity index (χ2n) is 8.45. The molecule has 3 rings (SSSR count). The third-order valence-electron chi connectivity index (χ3n) is 6.05. The fourth-order valence-corrected chi connectivity index (χ4v) is 4.42. The van der Waals surface area contributed by atoms with Crippen LogP contribution in [0.2, 0.25) is 0 Å². The van der Waals surface area contributed by atoms with E-state index in [1.54, 1.807) is 0 Å². The fraction of sp³-hybridized carbons (Fsp3) is 0.400. The number of allylic oxidation sites excluding steroid dienone is 2. The molecule has 0 saturated heterocycles. The first kappa shape index (κ1) is 21.0. The van der Waals surface area contributed by atoms with Gasteiger partial charge in [-0.05, 0) is 43.6 Å². The minimum Gasteiger partial charge on any atom is -0.507 e. The summed E-state index contributed by atoms with van der Waals surface area (Å²) < 4.78 is 0. The van der Waals surface area contributed by atoms with Crippen molar-refractivity contribution in [1.29, 1.82) is 0 Å². The quantitative estimate of drug-likeness (QED) is 0.433. The first-order chi connectivity index (χ1) is 13.8. The highest BCUT2D eigenvalue weighted by atomic mass is 16.3. The molecule has 0 aromatic heterocycles. The van der Waals surface area contributed by atoms with Crippen LogP contribution in [0, 0.1) is 11.8 Å². The first-order valence-corrected chi connectivity index (χ1v) is 10.3. The van der Waals surface area contributed by atoms with Crippen molar-refractivity contribution in [3.05, 3.63) is 64.7 Å². The van der Waals surface area contributed by atoms with Crippen LogP contribution in [0.1, 0.15) is 67.4 Å². The maximum Gasteiger partial charge on any atom is 0.170 e. The van der Waals surface area contributed by atoms with E-state index in [4.69, 9.17) is 0 Å². The van der Waals surface area contributed by atoms with E-state index in [2.05, 4.69) is 19.9 Å². The van der Waals surface area contributed by atoms with Crippen molar-refractivity contribution in [1.82, 2.24) is 0 Å². The molecule has 2 atom stereocenters. The van der Waals surface area contributed by atoms with E-state index in [0.717, 1.165) is 18.4 Å². The van der Waals surface area contributed by atoms with E-state index in [0.29, 0.717) is 17.9 Å². The maximum atomic E-state index is 12.9. The van der Waals surface area contributed by atoms with Crippen molar-refractivity contribution in [2.45, 2.75) is 52.4 Å². The van der Waals surface area contributed by atoms with Crippen LogP contribution < -0.4 is 0 Å². The number of carbonyl (C=O) groups is 1. The van der Waals surface area contributed by atoms with Gasteiger partial charge in [0.05, 0.1) is 0 Å². The predicted molar refractivity (Wildman–Crippen MR) is 115 cm³/mol. The Labute approximate surface area is 172 Å².